The monoisotopic (exact) mass is 450 g/mol. The van der Waals surface area contributed by atoms with Gasteiger partial charge in [0.1, 0.15) is 0 Å². The van der Waals surface area contributed by atoms with E-state index in [4.69, 9.17) is 21.2 Å². The minimum absolute atomic E-state index is 0.104. The van der Waals surface area contributed by atoms with Crippen LogP contribution in [0.5, 0.6) is 11.8 Å². The molecule has 10 heteroatoms. The van der Waals surface area contributed by atoms with Crippen molar-refractivity contribution in [3.05, 3.63) is 40.9 Å². The Morgan fingerprint density at radius 3 is 2.48 bits per heavy atom. The molecule has 2 N–H and O–H groups in total. The van der Waals surface area contributed by atoms with Crippen LogP contribution in [0.15, 0.2) is 30.3 Å². The highest BCUT2D eigenvalue weighted by Gasteiger charge is 2.30. The molecule has 0 radical (unpaired) electrons. The molecule has 1 atom stereocenters. The quantitative estimate of drug-likeness (QED) is 0.737. The third-order valence-electron chi connectivity index (χ3n) is 5.72. The van der Waals surface area contributed by atoms with Crippen LogP contribution < -0.4 is 9.74 Å². The van der Waals surface area contributed by atoms with Gasteiger partial charge in [0.05, 0.1) is 13.2 Å². The Kier molecular flexibility index (Phi) is 6.45. The molecule has 1 amide bonds. The molecule has 2 saturated heterocycles. The van der Waals surface area contributed by atoms with Gasteiger partial charge in [-0.05, 0) is 24.6 Å². The van der Waals surface area contributed by atoms with Gasteiger partial charge in [0.15, 0.2) is 0 Å². The van der Waals surface area contributed by atoms with E-state index in [-0.39, 0.29) is 17.8 Å². The van der Waals surface area contributed by atoms with Crippen molar-refractivity contribution in [3.8, 4) is 11.8 Å². The van der Waals surface area contributed by atoms with E-state index < -0.39 is 6.09 Å². The van der Waals surface area contributed by atoms with Gasteiger partial charge in [0.2, 0.25) is 11.8 Å². The van der Waals surface area contributed by atoms with E-state index in [1.54, 1.807) is 4.90 Å². The first-order chi connectivity index (χ1) is 14.9. The third kappa shape index (κ3) is 4.84. The lowest BCUT2D eigenvalue weighted by atomic mass is 10.1. The van der Waals surface area contributed by atoms with E-state index in [0.29, 0.717) is 30.9 Å². The van der Waals surface area contributed by atoms with Gasteiger partial charge in [0.25, 0.3) is 0 Å². The number of aromatic hydroxyl groups is 2. The van der Waals surface area contributed by atoms with Crippen molar-refractivity contribution in [2.24, 2.45) is 0 Å². The first-order valence-corrected chi connectivity index (χ1v) is 10.7. The Balaban J connectivity index is 1.34. The molecule has 2 aliphatic rings. The number of benzene rings is 1. The number of carbonyl (C=O) groups excluding carboxylic acids is 1. The maximum absolute atomic E-state index is 12.5. The smallest absolute Gasteiger partial charge is 0.435 e. The summed E-state index contributed by atoms with van der Waals surface area (Å²) in [5.41, 5.74) is 2.15. The first-order valence-electron chi connectivity index (χ1n) is 10.3. The molecular formula is C21H27ClN4O5. The Morgan fingerprint density at radius 2 is 1.84 bits per heavy atom. The van der Waals surface area contributed by atoms with Crippen molar-refractivity contribution in [1.29, 1.82) is 0 Å². The van der Waals surface area contributed by atoms with E-state index in [1.807, 2.05) is 13.0 Å². The summed E-state index contributed by atoms with van der Waals surface area (Å²) in [6, 6.07) is 8.56. The molecule has 0 bridgehead atoms. The number of halogens is 1. The number of morpholine rings is 1. The van der Waals surface area contributed by atoms with Crippen LogP contribution in [0.1, 0.15) is 12.5 Å². The lowest BCUT2D eigenvalue weighted by molar-refractivity contribution is 0.0357. The highest BCUT2D eigenvalue weighted by Crippen LogP contribution is 2.26. The number of rotatable bonds is 4. The van der Waals surface area contributed by atoms with Gasteiger partial charge >= 0.3 is 6.09 Å². The number of aromatic nitrogens is 1. The number of piperazine rings is 1. The molecule has 4 rings (SSSR count). The van der Waals surface area contributed by atoms with Gasteiger partial charge in [-0.15, -0.1) is 4.73 Å². The summed E-state index contributed by atoms with van der Waals surface area (Å²) >= 11 is 6.57. The van der Waals surface area contributed by atoms with E-state index in [0.717, 1.165) is 42.6 Å². The van der Waals surface area contributed by atoms with Crippen LogP contribution in [0.25, 0.3) is 0 Å². The molecule has 0 aliphatic carbocycles. The Hall–Kier alpha value is -2.62. The maximum atomic E-state index is 12.5. The van der Waals surface area contributed by atoms with Gasteiger partial charge < -0.3 is 29.6 Å². The summed E-state index contributed by atoms with van der Waals surface area (Å²) in [5, 5.41) is 20.0. The fraction of sp³-hybridized carbons (Fsp3) is 0.476. The van der Waals surface area contributed by atoms with Gasteiger partial charge in [0, 0.05) is 68.2 Å². The fourth-order valence-corrected chi connectivity index (χ4v) is 4.23. The number of anilines is 1. The zero-order valence-electron chi connectivity index (χ0n) is 17.4. The van der Waals surface area contributed by atoms with E-state index >= 15 is 0 Å². The van der Waals surface area contributed by atoms with E-state index in [2.05, 4.69) is 21.9 Å². The van der Waals surface area contributed by atoms with Crippen molar-refractivity contribution < 1.29 is 24.6 Å². The summed E-state index contributed by atoms with van der Waals surface area (Å²) < 4.78 is 6.11. The predicted octanol–water partition coefficient (Wildman–Crippen LogP) is 2.14. The molecule has 2 aromatic rings. The fourth-order valence-electron chi connectivity index (χ4n) is 4.00. The highest BCUT2D eigenvalue weighted by molar-refractivity contribution is 6.31. The van der Waals surface area contributed by atoms with Gasteiger partial charge in [-0.1, -0.05) is 17.7 Å². The largest absolute Gasteiger partial charge is 0.492 e. The molecular weight excluding hydrogens is 424 g/mol. The number of carbonyl (C=O) groups is 1. The second kappa shape index (κ2) is 9.25. The summed E-state index contributed by atoms with van der Waals surface area (Å²) in [4.78, 5) is 23.7. The van der Waals surface area contributed by atoms with Crippen molar-refractivity contribution >= 4 is 23.4 Å². The zero-order chi connectivity index (χ0) is 22.0. The highest BCUT2D eigenvalue weighted by atomic mass is 35.5. The number of hydrogen-bond donors (Lipinski definition) is 2. The van der Waals surface area contributed by atoms with Gasteiger partial charge in [-0.2, -0.15) is 0 Å². The summed E-state index contributed by atoms with van der Waals surface area (Å²) in [6.45, 7) is 7.59. The second-order valence-electron chi connectivity index (χ2n) is 7.85. The molecule has 2 aliphatic heterocycles. The molecule has 31 heavy (non-hydrogen) atoms. The summed E-state index contributed by atoms with van der Waals surface area (Å²) in [5.74, 6) is -0.681. The van der Waals surface area contributed by atoms with Crippen LogP contribution in [0, 0.1) is 0 Å². The van der Waals surface area contributed by atoms with E-state index in [9.17, 15) is 15.0 Å². The second-order valence-corrected chi connectivity index (χ2v) is 8.26. The molecule has 168 valence electrons. The standard InChI is InChI=1S/C21H27ClN4O5/c1-15-13-23(6-7-25(15)21(29)31-26-19(27)4-5-20(26)28)14-16-2-3-17(12-18(16)22)24-8-10-30-11-9-24/h2-5,12,15,27-28H,6-11,13-14H2,1H3. The third-order valence-corrected chi connectivity index (χ3v) is 6.07. The van der Waals surface area contributed by atoms with Crippen molar-refractivity contribution in [2.45, 2.75) is 19.5 Å². The van der Waals surface area contributed by atoms with Gasteiger partial charge in [-0.25, -0.2) is 4.79 Å². The maximum Gasteiger partial charge on any atom is 0.435 e. The van der Waals surface area contributed by atoms with Crippen molar-refractivity contribution in [3.63, 3.8) is 0 Å². The van der Waals surface area contributed by atoms with Crippen LogP contribution in [0.4, 0.5) is 10.5 Å². The molecule has 1 aromatic heterocycles. The number of ether oxygens (including phenoxy) is 1. The Morgan fingerprint density at radius 1 is 1.13 bits per heavy atom. The average Bonchev–Trinajstić information content (AvgIpc) is 3.08. The minimum Gasteiger partial charge on any atom is -0.492 e. The SMILES string of the molecule is CC1CN(Cc2ccc(N3CCOCC3)cc2Cl)CCN1C(=O)On1c(O)ccc1O. The average molecular weight is 451 g/mol. The van der Waals surface area contributed by atoms with Crippen LogP contribution >= 0.6 is 11.6 Å². The lowest BCUT2D eigenvalue weighted by Gasteiger charge is -2.39. The van der Waals surface area contributed by atoms with Crippen molar-refractivity contribution in [2.75, 3.05) is 50.8 Å². The summed E-state index contributed by atoms with van der Waals surface area (Å²) in [7, 11) is 0. The lowest BCUT2D eigenvalue weighted by Crippen LogP contribution is -2.55. The van der Waals surface area contributed by atoms with Crippen LogP contribution in [0.3, 0.4) is 0 Å². The minimum atomic E-state index is -0.623. The topological polar surface area (TPSA) is 90.6 Å². The predicted molar refractivity (Wildman–Crippen MR) is 116 cm³/mol. The van der Waals surface area contributed by atoms with Crippen LogP contribution in [-0.4, -0.2) is 82.8 Å². The first kappa shape index (κ1) is 21.6. The van der Waals surface area contributed by atoms with Crippen LogP contribution in [-0.2, 0) is 11.3 Å². The Bertz CT molecular complexity index is 911. The molecule has 0 saturated carbocycles. The van der Waals surface area contributed by atoms with E-state index in [1.165, 1.54) is 12.1 Å². The molecule has 9 nitrogen and oxygen atoms in total. The van der Waals surface area contributed by atoms with Crippen LogP contribution in [0.2, 0.25) is 5.02 Å². The molecule has 2 fully saturated rings. The Labute approximate surface area is 185 Å². The normalized spacial score (nSPS) is 20.1. The number of nitrogens with zero attached hydrogens (tertiary/aromatic N) is 4. The number of amides is 1. The van der Waals surface area contributed by atoms with Crippen molar-refractivity contribution in [1.82, 2.24) is 14.5 Å². The van der Waals surface area contributed by atoms with Gasteiger partial charge in [-0.3, -0.25) is 4.90 Å². The molecule has 1 unspecified atom stereocenters. The molecule has 1 aromatic carbocycles. The summed E-state index contributed by atoms with van der Waals surface area (Å²) in [6.07, 6.45) is -0.623. The molecule has 0 spiro atoms. The number of hydrogen-bond acceptors (Lipinski definition) is 7. The zero-order valence-corrected chi connectivity index (χ0v) is 18.2. The molecule has 3 heterocycles.